The maximum atomic E-state index is 10.9. The molecule has 9 heteroatoms. The number of hydrogen-bond donors (Lipinski definition) is 3. The molecule has 0 bridgehead atoms. The van der Waals surface area contributed by atoms with Crippen LogP contribution in [0.25, 0.3) is 0 Å². The van der Waals surface area contributed by atoms with Crippen LogP contribution in [0.1, 0.15) is 0 Å². The highest BCUT2D eigenvalue weighted by Gasteiger charge is 2.01. The van der Waals surface area contributed by atoms with Gasteiger partial charge in [-0.15, -0.1) is 5.10 Å². The minimum Gasteiger partial charge on any atom is -0.307 e. The van der Waals surface area contributed by atoms with Crippen molar-refractivity contribution in [3.8, 4) is 0 Å². The molecule has 2 rings (SSSR count). The van der Waals surface area contributed by atoms with Crippen LogP contribution >= 0.6 is 0 Å². The van der Waals surface area contributed by atoms with Gasteiger partial charge in [-0.05, 0) is 5.21 Å². The van der Waals surface area contributed by atoms with Crippen LogP contribution in [0.5, 0.6) is 0 Å². The highest BCUT2D eigenvalue weighted by atomic mass is 16.2. The van der Waals surface area contributed by atoms with Crippen molar-refractivity contribution in [1.29, 1.82) is 0 Å². The predicted molar refractivity (Wildman–Crippen MR) is 49.8 cm³/mol. The van der Waals surface area contributed by atoms with Crippen LogP contribution < -0.4 is 16.6 Å². The van der Waals surface area contributed by atoms with Gasteiger partial charge in [0, 0.05) is 6.07 Å². The van der Waals surface area contributed by atoms with Crippen molar-refractivity contribution >= 4 is 11.8 Å². The van der Waals surface area contributed by atoms with Crippen LogP contribution in [-0.4, -0.2) is 30.2 Å². The van der Waals surface area contributed by atoms with Crippen LogP contribution in [0.4, 0.5) is 11.8 Å². The van der Waals surface area contributed by atoms with Gasteiger partial charge in [-0.1, -0.05) is 5.10 Å². The molecular formula is C6H7N7O2. The predicted octanol–water partition coefficient (Wildman–Crippen LogP) is -1.67. The molecular weight excluding hydrogens is 202 g/mol. The minimum absolute atomic E-state index is 0.193. The van der Waals surface area contributed by atoms with E-state index in [0.29, 0.717) is 0 Å². The molecule has 0 fully saturated rings. The number of aryl methyl sites for hydroxylation is 1. The maximum Gasteiger partial charge on any atom is 0.327 e. The molecule has 0 aromatic carbocycles. The lowest BCUT2D eigenvalue weighted by Crippen LogP contribution is -2.22. The minimum atomic E-state index is -0.603. The molecule has 0 unspecified atom stereocenters. The van der Waals surface area contributed by atoms with E-state index in [1.807, 2.05) is 4.98 Å². The molecule has 0 saturated carbocycles. The third-order valence-corrected chi connectivity index (χ3v) is 1.52. The van der Waals surface area contributed by atoms with E-state index in [0.717, 1.165) is 0 Å². The van der Waals surface area contributed by atoms with E-state index < -0.39 is 11.2 Å². The van der Waals surface area contributed by atoms with E-state index in [1.54, 1.807) is 7.05 Å². The fourth-order valence-corrected chi connectivity index (χ4v) is 0.991. The largest absolute Gasteiger partial charge is 0.327 e. The Labute approximate surface area is 82.1 Å². The molecule has 2 aromatic heterocycles. The van der Waals surface area contributed by atoms with Gasteiger partial charge in [-0.25, -0.2) is 4.79 Å². The number of H-pyrrole nitrogens is 2. The third-order valence-electron chi connectivity index (χ3n) is 1.52. The first-order valence-electron chi connectivity index (χ1n) is 3.98. The van der Waals surface area contributed by atoms with Gasteiger partial charge < -0.3 is 5.32 Å². The van der Waals surface area contributed by atoms with Crippen molar-refractivity contribution in [2.24, 2.45) is 7.05 Å². The summed E-state index contributed by atoms with van der Waals surface area (Å²) in [5.41, 5.74) is -1.11. The number of anilines is 2. The van der Waals surface area contributed by atoms with E-state index >= 15 is 0 Å². The van der Waals surface area contributed by atoms with Crippen LogP contribution in [0.3, 0.4) is 0 Å². The normalized spacial score (nSPS) is 10.2. The van der Waals surface area contributed by atoms with Crippen molar-refractivity contribution in [2.45, 2.75) is 0 Å². The monoisotopic (exact) mass is 209 g/mol. The molecule has 0 spiro atoms. The second kappa shape index (κ2) is 3.36. The lowest BCUT2D eigenvalue weighted by Gasteiger charge is -1.97. The van der Waals surface area contributed by atoms with Gasteiger partial charge in [0.1, 0.15) is 5.82 Å². The van der Waals surface area contributed by atoms with Crippen LogP contribution in [-0.2, 0) is 7.05 Å². The van der Waals surface area contributed by atoms with Gasteiger partial charge in [0.2, 0.25) is 0 Å². The zero-order valence-electron chi connectivity index (χ0n) is 7.68. The fraction of sp³-hybridized carbons (Fsp3) is 0.167. The average molecular weight is 209 g/mol. The summed E-state index contributed by atoms with van der Waals surface area (Å²) in [6.07, 6.45) is 0. The van der Waals surface area contributed by atoms with Crippen molar-refractivity contribution in [2.75, 3.05) is 5.32 Å². The quantitative estimate of drug-likeness (QED) is 0.543. The average Bonchev–Trinajstić information content (AvgIpc) is 2.49. The summed E-state index contributed by atoms with van der Waals surface area (Å²) in [4.78, 5) is 27.5. The van der Waals surface area contributed by atoms with Crippen LogP contribution in [0.15, 0.2) is 15.7 Å². The smallest absolute Gasteiger partial charge is 0.307 e. The zero-order valence-corrected chi connectivity index (χ0v) is 7.68. The van der Waals surface area contributed by atoms with Crippen LogP contribution in [0, 0.1) is 0 Å². The van der Waals surface area contributed by atoms with E-state index in [4.69, 9.17) is 0 Å². The Bertz CT molecular complexity index is 551. The molecule has 2 heterocycles. The van der Waals surface area contributed by atoms with E-state index in [-0.39, 0.29) is 11.8 Å². The Morgan fingerprint density at radius 3 is 2.80 bits per heavy atom. The summed E-state index contributed by atoms with van der Waals surface area (Å²) in [7, 11) is 1.60. The molecule has 0 radical (unpaired) electrons. The molecule has 0 aliphatic rings. The third kappa shape index (κ3) is 2.07. The molecule has 9 nitrogen and oxygen atoms in total. The topological polar surface area (TPSA) is 121 Å². The number of rotatable bonds is 2. The molecule has 2 aromatic rings. The highest BCUT2D eigenvalue weighted by Crippen LogP contribution is 2.02. The Morgan fingerprint density at radius 1 is 1.40 bits per heavy atom. The Kier molecular flexibility index (Phi) is 2.04. The molecule has 78 valence electrons. The van der Waals surface area contributed by atoms with Crippen molar-refractivity contribution in [3.05, 3.63) is 26.9 Å². The Morgan fingerprint density at radius 2 is 2.20 bits per heavy atom. The summed E-state index contributed by atoms with van der Waals surface area (Å²) in [6, 6.07) is 1.18. The first kappa shape index (κ1) is 9.12. The molecule has 0 amide bonds. The number of nitrogens with zero attached hydrogens (tertiary/aromatic N) is 4. The summed E-state index contributed by atoms with van der Waals surface area (Å²) in [5, 5.41) is 13.6. The number of hydrogen-bond acceptors (Lipinski definition) is 6. The summed E-state index contributed by atoms with van der Waals surface area (Å²) < 4.78 is 0. The van der Waals surface area contributed by atoms with Gasteiger partial charge >= 0.3 is 5.69 Å². The summed E-state index contributed by atoms with van der Waals surface area (Å²) in [6.45, 7) is 0. The Balaban J connectivity index is 2.32. The first-order valence-corrected chi connectivity index (χ1v) is 3.98. The van der Waals surface area contributed by atoms with Gasteiger partial charge in [-0.3, -0.25) is 14.8 Å². The van der Waals surface area contributed by atoms with E-state index in [9.17, 15) is 9.59 Å². The molecule has 15 heavy (non-hydrogen) atoms. The maximum absolute atomic E-state index is 10.9. The summed E-state index contributed by atoms with van der Waals surface area (Å²) in [5.74, 6) is 0.399. The highest BCUT2D eigenvalue weighted by molar-refractivity contribution is 5.44. The van der Waals surface area contributed by atoms with Gasteiger partial charge in [-0.2, -0.15) is 4.80 Å². The van der Waals surface area contributed by atoms with E-state index in [1.165, 1.54) is 10.9 Å². The van der Waals surface area contributed by atoms with Crippen LogP contribution in [0.2, 0.25) is 0 Å². The molecule has 0 saturated heterocycles. The number of nitrogens with one attached hydrogen (secondary N) is 3. The molecule has 0 atom stereocenters. The van der Waals surface area contributed by atoms with Crippen molar-refractivity contribution < 1.29 is 0 Å². The van der Waals surface area contributed by atoms with E-state index in [2.05, 4.69) is 25.7 Å². The summed E-state index contributed by atoms with van der Waals surface area (Å²) >= 11 is 0. The van der Waals surface area contributed by atoms with Crippen molar-refractivity contribution in [3.63, 3.8) is 0 Å². The SMILES string of the molecule is Cn1nnc(Nc2cc(=O)[nH]c(=O)[nH]2)n1. The standard InChI is InChI=1S/C6H7N7O2/c1-13-11-5(10-12-13)7-3-2-4(14)9-6(15)8-3/h2H,1H3,(H3,7,8,9,11,14,15). The second-order valence-electron chi connectivity index (χ2n) is 2.73. The number of aromatic nitrogens is 6. The van der Waals surface area contributed by atoms with Gasteiger partial charge in [0.05, 0.1) is 7.05 Å². The lowest BCUT2D eigenvalue weighted by molar-refractivity contribution is 0.630. The molecule has 0 aliphatic heterocycles. The number of tetrazole rings is 1. The fourth-order valence-electron chi connectivity index (χ4n) is 0.991. The molecule has 3 N–H and O–H groups in total. The Hall–Kier alpha value is -2.45. The molecule has 0 aliphatic carbocycles. The second-order valence-corrected chi connectivity index (χ2v) is 2.73. The lowest BCUT2D eigenvalue weighted by atomic mass is 10.6. The first-order chi connectivity index (χ1) is 7.13. The van der Waals surface area contributed by atoms with Gasteiger partial charge in [0.15, 0.2) is 0 Å². The zero-order chi connectivity index (χ0) is 10.8. The number of aromatic amines is 2. The van der Waals surface area contributed by atoms with Gasteiger partial charge in [0.25, 0.3) is 11.5 Å². The van der Waals surface area contributed by atoms with Crippen molar-refractivity contribution in [1.82, 2.24) is 30.2 Å².